The van der Waals surface area contributed by atoms with Crippen LogP contribution in [0.1, 0.15) is 20.8 Å². The Kier molecular flexibility index (Phi) is 13.4. The van der Waals surface area contributed by atoms with Crippen molar-refractivity contribution >= 4 is 12.6 Å². The Morgan fingerprint density at radius 1 is 1.50 bits per heavy atom. The zero-order chi connectivity index (χ0) is 6.99. The van der Waals surface area contributed by atoms with Crippen molar-refractivity contribution in [2.45, 2.75) is 20.8 Å². The van der Waals surface area contributed by atoms with Crippen LogP contribution in [0.15, 0.2) is 23.6 Å². The van der Waals surface area contributed by atoms with E-state index in [9.17, 15) is 0 Å². The van der Waals surface area contributed by atoms with E-state index in [1.165, 1.54) is 0 Å². The Bertz CT molecular complexity index is 72.5. The molecule has 1 heteroatoms. The average Bonchev–Trinajstić information content (AvgIpc) is 1.72. The molecule has 0 N–H and O–H groups in total. The summed E-state index contributed by atoms with van der Waals surface area (Å²) in [5.41, 5.74) is 0. The van der Waals surface area contributed by atoms with Crippen LogP contribution >= 0.6 is 12.6 Å². The minimum Gasteiger partial charge on any atom is -0.144 e. The number of hydrogen-bond acceptors (Lipinski definition) is 1. The van der Waals surface area contributed by atoms with E-state index in [0.717, 1.165) is 4.91 Å². The van der Waals surface area contributed by atoms with Gasteiger partial charge in [-0.3, -0.25) is 0 Å². The van der Waals surface area contributed by atoms with Crippen molar-refractivity contribution in [3.05, 3.63) is 23.6 Å². The molecule has 0 bridgehead atoms. The molecule has 0 aromatic carbocycles. The highest BCUT2D eigenvalue weighted by Crippen LogP contribution is 1.94. The summed E-state index contributed by atoms with van der Waals surface area (Å²) in [7, 11) is 0. The maximum atomic E-state index is 3.90. The summed E-state index contributed by atoms with van der Waals surface area (Å²) in [6.45, 7) is 9.45. The molecule has 0 aromatic heterocycles. The third kappa shape index (κ3) is 17.0. The first kappa shape index (κ1) is 10.7. The van der Waals surface area contributed by atoms with E-state index in [1.54, 1.807) is 0 Å². The summed E-state index contributed by atoms with van der Waals surface area (Å²) in [6, 6.07) is 0. The monoisotopic (exact) mass is 130 g/mol. The highest BCUT2D eigenvalue weighted by Gasteiger charge is 1.64. The summed E-state index contributed by atoms with van der Waals surface area (Å²) >= 11 is 3.90. The van der Waals surface area contributed by atoms with Crippen LogP contribution in [-0.2, 0) is 0 Å². The maximum absolute atomic E-state index is 3.90. The van der Waals surface area contributed by atoms with Crippen LogP contribution in [0.25, 0.3) is 0 Å². The molecule has 0 spiro atoms. The molecule has 0 saturated carbocycles. The zero-order valence-electron chi connectivity index (χ0n) is 5.81. The van der Waals surface area contributed by atoms with Gasteiger partial charge in [0.2, 0.25) is 0 Å². The van der Waals surface area contributed by atoms with E-state index < -0.39 is 0 Å². The largest absolute Gasteiger partial charge is 0.144 e. The second-order valence-corrected chi connectivity index (χ2v) is 1.57. The lowest BCUT2D eigenvalue weighted by Crippen LogP contribution is -1.48. The fourth-order valence-electron chi connectivity index (χ4n) is 0.192. The van der Waals surface area contributed by atoms with E-state index in [0.29, 0.717) is 0 Å². The molecule has 0 nitrogen and oxygen atoms in total. The smallest absolute Gasteiger partial charge is 0.00353 e. The van der Waals surface area contributed by atoms with E-state index in [4.69, 9.17) is 0 Å². The van der Waals surface area contributed by atoms with Crippen molar-refractivity contribution in [3.63, 3.8) is 0 Å². The van der Waals surface area contributed by atoms with Gasteiger partial charge >= 0.3 is 0 Å². The maximum Gasteiger partial charge on any atom is -0.00353 e. The third-order valence-corrected chi connectivity index (χ3v) is 0.508. The Morgan fingerprint density at radius 2 is 1.88 bits per heavy atom. The summed E-state index contributed by atoms with van der Waals surface area (Å²) in [4.78, 5) is 0.803. The van der Waals surface area contributed by atoms with Crippen molar-refractivity contribution < 1.29 is 0 Å². The average molecular weight is 130 g/mol. The highest BCUT2D eigenvalue weighted by molar-refractivity contribution is 7.84. The van der Waals surface area contributed by atoms with Gasteiger partial charge in [-0.15, -0.1) is 12.6 Å². The highest BCUT2D eigenvalue weighted by atomic mass is 32.1. The van der Waals surface area contributed by atoms with Crippen LogP contribution < -0.4 is 0 Å². The van der Waals surface area contributed by atoms with Crippen molar-refractivity contribution in [1.82, 2.24) is 0 Å². The van der Waals surface area contributed by atoms with E-state index in [2.05, 4.69) is 19.2 Å². The summed E-state index contributed by atoms with van der Waals surface area (Å²) < 4.78 is 0. The normalized spacial score (nSPS) is 8.00. The Hall–Kier alpha value is -0.170. The van der Waals surface area contributed by atoms with Crippen LogP contribution in [-0.4, -0.2) is 0 Å². The molecular formula is C7H14S. The minimum absolute atomic E-state index is 0.803. The molecule has 48 valence electrons. The van der Waals surface area contributed by atoms with Gasteiger partial charge in [0.1, 0.15) is 0 Å². The Labute approximate surface area is 57.7 Å². The molecule has 0 unspecified atom stereocenters. The van der Waals surface area contributed by atoms with Gasteiger partial charge in [0.05, 0.1) is 0 Å². The van der Waals surface area contributed by atoms with Gasteiger partial charge < -0.3 is 0 Å². The standard InChI is InChI=1S/C5H8S.C2H6/c1-3-4-5(2)6;1-2/h3-4,6H,2H2,1H3;1-2H3/b4-3-;. The van der Waals surface area contributed by atoms with E-state index >= 15 is 0 Å². The van der Waals surface area contributed by atoms with Crippen LogP contribution in [0.4, 0.5) is 0 Å². The molecule has 8 heavy (non-hydrogen) atoms. The predicted molar refractivity (Wildman–Crippen MR) is 44.3 cm³/mol. The Morgan fingerprint density at radius 3 is 1.88 bits per heavy atom. The Balaban J connectivity index is 0. The van der Waals surface area contributed by atoms with Crippen LogP contribution in [0.3, 0.4) is 0 Å². The zero-order valence-corrected chi connectivity index (χ0v) is 6.70. The first-order valence-electron chi connectivity index (χ1n) is 2.78. The van der Waals surface area contributed by atoms with Gasteiger partial charge in [-0.25, -0.2) is 0 Å². The van der Waals surface area contributed by atoms with Crippen LogP contribution in [0.5, 0.6) is 0 Å². The third-order valence-electron chi connectivity index (χ3n) is 0.359. The van der Waals surface area contributed by atoms with Crippen LogP contribution in [0.2, 0.25) is 0 Å². The first-order valence-corrected chi connectivity index (χ1v) is 3.22. The molecule has 0 saturated heterocycles. The lowest BCUT2D eigenvalue weighted by molar-refractivity contribution is 1.50. The molecule has 0 radical (unpaired) electrons. The molecule has 0 aromatic rings. The van der Waals surface area contributed by atoms with Gasteiger partial charge in [0, 0.05) is 0 Å². The predicted octanol–water partition coefficient (Wildman–Crippen LogP) is 3.03. The molecule has 0 amide bonds. The fourth-order valence-corrected chi connectivity index (χ4v) is 0.341. The van der Waals surface area contributed by atoms with Crippen molar-refractivity contribution in [2.75, 3.05) is 0 Å². The van der Waals surface area contributed by atoms with Crippen LogP contribution in [0, 0.1) is 0 Å². The van der Waals surface area contributed by atoms with E-state index in [1.807, 2.05) is 32.9 Å². The van der Waals surface area contributed by atoms with Gasteiger partial charge in [-0.2, -0.15) is 0 Å². The quantitative estimate of drug-likeness (QED) is 0.409. The molecule has 0 aliphatic heterocycles. The number of allylic oxidation sites excluding steroid dienone is 2. The molecule has 0 heterocycles. The fraction of sp³-hybridized carbons (Fsp3) is 0.429. The number of hydrogen-bond donors (Lipinski definition) is 1. The molecule has 0 aliphatic rings. The molecule has 0 aliphatic carbocycles. The van der Waals surface area contributed by atoms with Gasteiger partial charge in [0.25, 0.3) is 0 Å². The first-order chi connectivity index (χ1) is 3.77. The molecule has 0 fully saturated rings. The molecule has 0 rings (SSSR count). The van der Waals surface area contributed by atoms with Gasteiger partial charge in [0.15, 0.2) is 0 Å². The molecule has 0 atom stereocenters. The summed E-state index contributed by atoms with van der Waals surface area (Å²) in [5.74, 6) is 0. The second-order valence-electron chi connectivity index (χ2n) is 0.991. The minimum atomic E-state index is 0.803. The second kappa shape index (κ2) is 9.95. The summed E-state index contributed by atoms with van der Waals surface area (Å²) in [6.07, 6.45) is 3.73. The van der Waals surface area contributed by atoms with Crippen molar-refractivity contribution in [1.29, 1.82) is 0 Å². The topological polar surface area (TPSA) is 0 Å². The van der Waals surface area contributed by atoms with E-state index in [-0.39, 0.29) is 0 Å². The lowest BCUT2D eigenvalue weighted by atomic mass is 10.5. The lowest BCUT2D eigenvalue weighted by Gasteiger charge is -1.74. The number of thiol groups is 1. The van der Waals surface area contributed by atoms with Gasteiger partial charge in [-0.1, -0.05) is 32.6 Å². The number of rotatable bonds is 1. The summed E-state index contributed by atoms with van der Waals surface area (Å²) in [5, 5.41) is 0. The SMILES string of the molecule is C=C(S)/C=C\C.CC. The van der Waals surface area contributed by atoms with Crippen molar-refractivity contribution in [3.8, 4) is 0 Å². The molecular weight excluding hydrogens is 116 g/mol. The van der Waals surface area contributed by atoms with Gasteiger partial charge in [-0.05, 0) is 11.8 Å². The van der Waals surface area contributed by atoms with Crippen molar-refractivity contribution in [2.24, 2.45) is 0 Å².